The van der Waals surface area contributed by atoms with Crippen molar-refractivity contribution >= 4 is 5.97 Å². The number of hydrogen-bond acceptors (Lipinski definition) is 4. The van der Waals surface area contributed by atoms with Crippen molar-refractivity contribution in [1.82, 2.24) is 9.97 Å². The van der Waals surface area contributed by atoms with E-state index in [1.54, 1.807) is 36.7 Å². The molecule has 0 aliphatic heterocycles. The molecule has 0 atom stereocenters. The third-order valence-electron chi connectivity index (χ3n) is 2.55. The molecule has 0 bridgehead atoms. The lowest BCUT2D eigenvalue weighted by molar-refractivity contribution is -0.136. The molecule has 2 aromatic rings. The molecule has 1 N–H and O–H groups in total. The molecule has 1 heterocycles. The molecule has 0 fully saturated rings. The van der Waals surface area contributed by atoms with Crippen LogP contribution in [0.4, 0.5) is 0 Å². The monoisotopic (exact) mass is 258 g/mol. The fourth-order valence-corrected chi connectivity index (χ4v) is 1.62. The van der Waals surface area contributed by atoms with Crippen LogP contribution in [0.1, 0.15) is 11.1 Å². The van der Waals surface area contributed by atoms with Crippen LogP contribution in [0.3, 0.4) is 0 Å². The van der Waals surface area contributed by atoms with Gasteiger partial charge in [0.2, 0.25) is 0 Å². The number of nitrogens with zero attached hydrogens (tertiary/aromatic N) is 2. The second-order valence-corrected chi connectivity index (χ2v) is 4.06. The average molecular weight is 258 g/mol. The number of aliphatic carboxylic acids is 1. The van der Waals surface area contributed by atoms with Gasteiger partial charge in [-0.05, 0) is 23.3 Å². The maximum atomic E-state index is 10.5. The molecular weight excluding hydrogens is 244 g/mol. The Bertz CT molecular complexity index is 526. The summed E-state index contributed by atoms with van der Waals surface area (Å²) >= 11 is 0. The number of carboxylic acid groups (broad SMARTS) is 1. The number of carboxylic acids is 1. The van der Waals surface area contributed by atoms with E-state index < -0.39 is 5.97 Å². The molecule has 0 aliphatic rings. The SMILES string of the molecule is O=C(O)Cc1ccc(OCCc2cncnc2)cc1. The molecule has 5 nitrogen and oxygen atoms in total. The minimum Gasteiger partial charge on any atom is -0.493 e. The normalized spacial score (nSPS) is 10.1. The topological polar surface area (TPSA) is 72.3 Å². The third kappa shape index (κ3) is 4.39. The zero-order chi connectivity index (χ0) is 13.5. The minimum atomic E-state index is -0.835. The van der Waals surface area contributed by atoms with Crippen LogP contribution >= 0.6 is 0 Å². The zero-order valence-electron chi connectivity index (χ0n) is 10.3. The van der Waals surface area contributed by atoms with E-state index in [1.807, 2.05) is 0 Å². The minimum absolute atomic E-state index is 0.0294. The first-order chi connectivity index (χ1) is 9.24. The van der Waals surface area contributed by atoms with Gasteiger partial charge >= 0.3 is 5.97 Å². The molecule has 0 saturated heterocycles. The number of aromatic nitrogens is 2. The average Bonchev–Trinajstić information content (AvgIpc) is 2.41. The van der Waals surface area contributed by atoms with Crippen molar-refractivity contribution in [2.24, 2.45) is 0 Å². The summed E-state index contributed by atoms with van der Waals surface area (Å²) in [6.07, 6.45) is 5.77. The van der Waals surface area contributed by atoms with Gasteiger partial charge in [-0.25, -0.2) is 9.97 Å². The Labute approximate surface area is 110 Å². The van der Waals surface area contributed by atoms with Crippen LogP contribution in [0.15, 0.2) is 43.0 Å². The molecule has 19 heavy (non-hydrogen) atoms. The number of benzene rings is 1. The first kappa shape index (κ1) is 13.0. The van der Waals surface area contributed by atoms with Gasteiger partial charge in [-0.15, -0.1) is 0 Å². The molecule has 1 aromatic heterocycles. The standard InChI is InChI=1S/C14H14N2O3/c17-14(18)7-11-1-3-13(4-2-11)19-6-5-12-8-15-10-16-9-12/h1-4,8-10H,5-7H2,(H,17,18). The highest BCUT2D eigenvalue weighted by Gasteiger charge is 2.01. The molecule has 1 aromatic carbocycles. The van der Waals surface area contributed by atoms with E-state index in [4.69, 9.17) is 9.84 Å². The smallest absolute Gasteiger partial charge is 0.307 e. The Hall–Kier alpha value is -2.43. The highest BCUT2D eigenvalue weighted by Crippen LogP contribution is 2.13. The Kier molecular flexibility index (Phi) is 4.44. The van der Waals surface area contributed by atoms with Crippen LogP contribution in [0.5, 0.6) is 5.75 Å². The molecule has 0 amide bonds. The van der Waals surface area contributed by atoms with E-state index in [-0.39, 0.29) is 6.42 Å². The van der Waals surface area contributed by atoms with E-state index >= 15 is 0 Å². The van der Waals surface area contributed by atoms with Crippen LogP contribution in [0, 0.1) is 0 Å². The lowest BCUT2D eigenvalue weighted by Crippen LogP contribution is -2.03. The summed E-state index contributed by atoms with van der Waals surface area (Å²) in [6.45, 7) is 0.533. The zero-order valence-corrected chi connectivity index (χ0v) is 10.3. The maximum Gasteiger partial charge on any atom is 0.307 e. The Morgan fingerprint density at radius 2 is 1.79 bits per heavy atom. The first-order valence-corrected chi connectivity index (χ1v) is 5.91. The van der Waals surface area contributed by atoms with E-state index in [0.29, 0.717) is 6.61 Å². The van der Waals surface area contributed by atoms with E-state index in [9.17, 15) is 4.79 Å². The summed E-state index contributed by atoms with van der Waals surface area (Å²) < 4.78 is 5.57. The summed E-state index contributed by atoms with van der Waals surface area (Å²) in [6, 6.07) is 7.07. The summed E-state index contributed by atoms with van der Waals surface area (Å²) in [5.41, 5.74) is 1.78. The van der Waals surface area contributed by atoms with Crippen LogP contribution in [0.25, 0.3) is 0 Å². The lowest BCUT2D eigenvalue weighted by Gasteiger charge is -2.06. The third-order valence-corrected chi connectivity index (χ3v) is 2.55. The fraction of sp³-hybridized carbons (Fsp3) is 0.214. The van der Waals surface area contributed by atoms with Gasteiger partial charge in [0.25, 0.3) is 0 Å². The van der Waals surface area contributed by atoms with Crippen molar-refractivity contribution < 1.29 is 14.6 Å². The van der Waals surface area contributed by atoms with E-state index in [0.717, 1.165) is 23.3 Å². The summed E-state index contributed by atoms with van der Waals surface area (Å²) in [5, 5.41) is 8.66. The van der Waals surface area contributed by atoms with Gasteiger partial charge in [-0.2, -0.15) is 0 Å². The van der Waals surface area contributed by atoms with Crippen LogP contribution in [-0.2, 0) is 17.6 Å². The molecule has 0 aliphatic carbocycles. The van der Waals surface area contributed by atoms with Crippen LogP contribution < -0.4 is 4.74 Å². The van der Waals surface area contributed by atoms with Crippen LogP contribution in [-0.4, -0.2) is 27.7 Å². The van der Waals surface area contributed by atoms with Crippen molar-refractivity contribution in [3.05, 3.63) is 54.1 Å². The highest BCUT2D eigenvalue weighted by atomic mass is 16.5. The van der Waals surface area contributed by atoms with Crippen molar-refractivity contribution in [2.45, 2.75) is 12.8 Å². The number of carbonyl (C=O) groups is 1. The molecule has 98 valence electrons. The van der Waals surface area contributed by atoms with Crippen molar-refractivity contribution in [3.8, 4) is 5.75 Å². The number of rotatable bonds is 6. The van der Waals surface area contributed by atoms with Crippen LogP contribution in [0.2, 0.25) is 0 Å². The van der Waals surface area contributed by atoms with Gasteiger partial charge in [0.05, 0.1) is 13.0 Å². The van der Waals surface area contributed by atoms with E-state index in [2.05, 4.69) is 9.97 Å². The maximum absolute atomic E-state index is 10.5. The van der Waals surface area contributed by atoms with Gasteiger partial charge in [0, 0.05) is 18.8 Å². The molecule has 5 heteroatoms. The highest BCUT2D eigenvalue weighted by molar-refractivity contribution is 5.70. The fourth-order valence-electron chi connectivity index (χ4n) is 1.62. The van der Waals surface area contributed by atoms with Gasteiger partial charge in [-0.1, -0.05) is 12.1 Å². The second-order valence-electron chi connectivity index (χ2n) is 4.06. The number of ether oxygens (including phenoxy) is 1. The molecule has 0 unspecified atom stereocenters. The molecular formula is C14H14N2O3. The summed E-state index contributed by atoms with van der Waals surface area (Å²) in [5.74, 6) is -0.108. The molecule has 0 radical (unpaired) electrons. The quantitative estimate of drug-likeness (QED) is 0.854. The Balaban J connectivity index is 1.81. The van der Waals surface area contributed by atoms with Crippen molar-refractivity contribution in [1.29, 1.82) is 0 Å². The molecule has 2 rings (SSSR count). The van der Waals surface area contributed by atoms with Gasteiger partial charge in [0.15, 0.2) is 0 Å². The van der Waals surface area contributed by atoms with Crippen molar-refractivity contribution in [3.63, 3.8) is 0 Å². The largest absolute Gasteiger partial charge is 0.493 e. The van der Waals surface area contributed by atoms with Crippen molar-refractivity contribution in [2.75, 3.05) is 6.61 Å². The van der Waals surface area contributed by atoms with E-state index in [1.165, 1.54) is 6.33 Å². The second kappa shape index (κ2) is 6.49. The van der Waals surface area contributed by atoms with Gasteiger partial charge < -0.3 is 9.84 Å². The Morgan fingerprint density at radius 3 is 2.42 bits per heavy atom. The predicted molar refractivity (Wildman–Crippen MR) is 69.0 cm³/mol. The molecule has 0 saturated carbocycles. The summed E-state index contributed by atoms with van der Waals surface area (Å²) in [4.78, 5) is 18.4. The lowest BCUT2D eigenvalue weighted by atomic mass is 10.1. The number of hydrogen-bond donors (Lipinski definition) is 1. The van der Waals surface area contributed by atoms with Gasteiger partial charge in [-0.3, -0.25) is 4.79 Å². The molecule has 0 spiro atoms. The van der Waals surface area contributed by atoms with Gasteiger partial charge in [0.1, 0.15) is 12.1 Å². The summed E-state index contributed by atoms with van der Waals surface area (Å²) in [7, 11) is 0. The first-order valence-electron chi connectivity index (χ1n) is 5.91. The predicted octanol–water partition coefficient (Wildman–Crippen LogP) is 1.73. The Morgan fingerprint density at radius 1 is 1.11 bits per heavy atom.